The van der Waals surface area contributed by atoms with Crippen molar-refractivity contribution in [3.05, 3.63) is 35.6 Å². The van der Waals surface area contributed by atoms with Gasteiger partial charge in [-0.1, -0.05) is 0 Å². The monoisotopic (exact) mass is 292 g/mol. The van der Waals surface area contributed by atoms with Gasteiger partial charge in [-0.2, -0.15) is 9.97 Å². The highest BCUT2D eigenvalue weighted by atomic mass is 19.1. The quantitative estimate of drug-likeness (QED) is 0.828. The summed E-state index contributed by atoms with van der Waals surface area (Å²) in [6, 6.07) is 4.95. The standard InChI is InChI=1S/C13H13FN4O3/c1-20-10-6-11(21-2)17-13(16-10)18-12(19)8-5-7(14)3-4-9(8)15/h3-6H,15H2,1-2H3,(H,16,17,18,19). The summed E-state index contributed by atoms with van der Waals surface area (Å²) in [6.45, 7) is 0. The second-order valence-corrected chi connectivity index (χ2v) is 3.96. The molecular weight excluding hydrogens is 279 g/mol. The topological polar surface area (TPSA) is 99.4 Å². The first-order valence-electron chi connectivity index (χ1n) is 5.87. The molecule has 0 bridgehead atoms. The number of methoxy groups -OCH3 is 2. The number of hydrogen-bond donors (Lipinski definition) is 2. The van der Waals surface area contributed by atoms with Crippen LogP contribution in [0.25, 0.3) is 0 Å². The smallest absolute Gasteiger partial charge is 0.260 e. The van der Waals surface area contributed by atoms with E-state index in [0.29, 0.717) is 0 Å². The number of carbonyl (C=O) groups excluding carboxylic acids is 1. The van der Waals surface area contributed by atoms with Crippen LogP contribution in [-0.2, 0) is 0 Å². The number of rotatable bonds is 4. The van der Waals surface area contributed by atoms with Crippen molar-refractivity contribution >= 4 is 17.5 Å². The minimum atomic E-state index is -0.637. The van der Waals surface area contributed by atoms with Gasteiger partial charge < -0.3 is 15.2 Å². The molecule has 2 rings (SSSR count). The van der Waals surface area contributed by atoms with Crippen LogP contribution in [0.5, 0.6) is 11.8 Å². The molecule has 1 amide bonds. The van der Waals surface area contributed by atoms with E-state index in [1.165, 1.54) is 26.4 Å². The number of nitrogens with one attached hydrogen (secondary N) is 1. The molecule has 8 heteroatoms. The van der Waals surface area contributed by atoms with Crippen molar-refractivity contribution in [2.24, 2.45) is 0 Å². The summed E-state index contributed by atoms with van der Waals surface area (Å²) >= 11 is 0. The van der Waals surface area contributed by atoms with E-state index in [0.717, 1.165) is 12.1 Å². The van der Waals surface area contributed by atoms with Crippen molar-refractivity contribution in [1.29, 1.82) is 0 Å². The predicted octanol–water partition coefficient (Wildman–Crippen LogP) is 1.47. The molecule has 2 aromatic rings. The molecule has 7 nitrogen and oxygen atoms in total. The maximum absolute atomic E-state index is 13.2. The molecule has 0 aliphatic carbocycles. The minimum absolute atomic E-state index is 0.0135. The lowest BCUT2D eigenvalue weighted by Crippen LogP contribution is -2.16. The zero-order valence-corrected chi connectivity index (χ0v) is 11.4. The number of halogens is 1. The number of hydrogen-bond acceptors (Lipinski definition) is 6. The number of ether oxygens (including phenoxy) is 2. The van der Waals surface area contributed by atoms with Crippen molar-refractivity contribution in [2.75, 3.05) is 25.3 Å². The first-order valence-corrected chi connectivity index (χ1v) is 5.87. The molecule has 1 heterocycles. The van der Waals surface area contributed by atoms with Gasteiger partial charge in [-0.3, -0.25) is 10.1 Å². The van der Waals surface area contributed by atoms with Crippen molar-refractivity contribution in [3.8, 4) is 11.8 Å². The molecule has 0 atom stereocenters. The Morgan fingerprint density at radius 3 is 2.38 bits per heavy atom. The number of nitrogens with two attached hydrogens (primary N) is 1. The van der Waals surface area contributed by atoms with Crippen LogP contribution in [0.1, 0.15) is 10.4 Å². The summed E-state index contributed by atoms with van der Waals surface area (Å²) in [6.07, 6.45) is 0. The minimum Gasteiger partial charge on any atom is -0.481 e. The lowest BCUT2D eigenvalue weighted by Gasteiger charge is -2.09. The van der Waals surface area contributed by atoms with E-state index in [4.69, 9.17) is 15.2 Å². The Labute approximate surface area is 119 Å². The molecule has 1 aromatic heterocycles. The number of carbonyl (C=O) groups is 1. The van der Waals surface area contributed by atoms with Crippen LogP contribution in [0.4, 0.5) is 16.0 Å². The Balaban J connectivity index is 2.28. The summed E-state index contributed by atoms with van der Waals surface area (Å²) in [5, 5.41) is 2.41. The van der Waals surface area contributed by atoms with Crippen molar-refractivity contribution in [1.82, 2.24) is 9.97 Å². The SMILES string of the molecule is COc1cc(OC)nc(NC(=O)c2cc(F)ccc2N)n1. The van der Waals surface area contributed by atoms with E-state index in [1.807, 2.05) is 0 Å². The number of aromatic nitrogens is 2. The van der Waals surface area contributed by atoms with Crippen LogP contribution in [0.15, 0.2) is 24.3 Å². The lowest BCUT2D eigenvalue weighted by atomic mass is 10.1. The molecule has 110 valence electrons. The Kier molecular flexibility index (Phi) is 4.17. The molecule has 3 N–H and O–H groups in total. The third kappa shape index (κ3) is 3.35. The van der Waals surface area contributed by atoms with Gasteiger partial charge in [0.15, 0.2) is 0 Å². The number of nitrogens with zero attached hydrogens (tertiary/aromatic N) is 2. The van der Waals surface area contributed by atoms with Crippen LogP contribution in [0, 0.1) is 5.82 Å². The van der Waals surface area contributed by atoms with Crippen molar-refractivity contribution < 1.29 is 18.7 Å². The molecule has 0 saturated carbocycles. The van der Waals surface area contributed by atoms with E-state index in [-0.39, 0.29) is 29.0 Å². The largest absolute Gasteiger partial charge is 0.481 e. The van der Waals surface area contributed by atoms with Gasteiger partial charge >= 0.3 is 0 Å². The van der Waals surface area contributed by atoms with Crippen molar-refractivity contribution in [2.45, 2.75) is 0 Å². The molecule has 0 fully saturated rings. The van der Waals surface area contributed by atoms with Crippen LogP contribution >= 0.6 is 0 Å². The van der Waals surface area contributed by atoms with Gasteiger partial charge in [0.2, 0.25) is 17.7 Å². The third-order valence-corrected chi connectivity index (χ3v) is 2.58. The van der Waals surface area contributed by atoms with Crippen LogP contribution in [-0.4, -0.2) is 30.1 Å². The molecule has 0 unspecified atom stereocenters. The molecule has 0 spiro atoms. The maximum atomic E-state index is 13.2. The predicted molar refractivity (Wildman–Crippen MR) is 73.9 cm³/mol. The summed E-state index contributed by atoms with van der Waals surface area (Å²) in [7, 11) is 2.83. The maximum Gasteiger partial charge on any atom is 0.260 e. The van der Waals surface area contributed by atoms with E-state index in [2.05, 4.69) is 15.3 Å². The average molecular weight is 292 g/mol. The van der Waals surface area contributed by atoms with Crippen LogP contribution in [0.3, 0.4) is 0 Å². The normalized spacial score (nSPS) is 10.0. The summed E-state index contributed by atoms with van der Waals surface area (Å²) < 4.78 is 23.1. The highest BCUT2D eigenvalue weighted by Crippen LogP contribution is 2.19. The second kappa shape index (κ2) is 6.04. The molecule has 0 radical (unpaired) electrons. The van der Waals surface area contributed by atoms with E-state index in [9.17, 15) is 9.18 Å². The van der Waals surface area contributed by atoms with E-state index >= 15 is 0 Å². The summed E-state index contributed by atoms with van der Waals surface area (Å²) in [4.78, 5) is 19.9. The highest BCUT2D eigenvalue weighted by molar-refractivity contribution is 6.06. The van der Waals surface area contributed by atoms with E-state index < -0.39 is 11.7 Å². The number of amides is 1. The van der Waals surface area contributed by atoms with Gasteiger partial charge in [-0.25, -0.2) is 4.39 Å². The Bertz CT molecular complexity index is 656. The fourth-order valence-electron chi connectivity index (χ4n) is 1.56. The van der Waals surface area contributed by atoms with Gasteiger partial charge in [-0.05, 0) is 18.2 Å². The zero-order valence-electron chi connectivity index (χ0n) is 11.4. The number of anilines is 2. The number of nitrogen functional groups attached to an aromatic ring is 1. The Morgan fingerprint density at radius 1 is 1.19 bits per heavy atom. The van der Waals surface area contributed by atoms with Gasteiger partial charge in [0, 0.05) is 5.69 Å². The molecule has 0 saturated heterocycles. The average Bonchev–Trinajstić information content (AvgIpc) is 2.49. The fourth-order valence-corrected chi connectivity index (χ4v) is 1.56. The molecule has 21 heavy (non-hydrogen) atoms. The highest BCUT2D eigenvalue weighted by Gasteiger charge is 2.14. The van der Waals surface area contributed by atoms with Gasteiger partial charge in [0.25, 0.3) is 5.91 Å². The first-order chi connectivity index (χ1) is 10.0. The van der Waals surface area contributed by atoms with Crippen molar-refractivity contribution in [3.63, 3.8) is 0 Å². The summed E-state index contributed by atoms with van der Waals surface area (Å²) in [5.74, 6) is -0.825. The summed E-state index contributed by atoms with van der Waals surface area (Å²) in [5.41, 5.74) is 5.77. The van der Waals surface area contributed by atoms with Crippen LogP contribution < -0.4 is 20.5 Å². The molecule has 0 aliphatic heterocycles. The Hall–Kier alpha value is -2.90. The lowest BCUT2D eigenvalue weighted by molar-refractivity contribution is 0.102. The Morgan fingerprint density at radius 2 is 1.81 bits per heavy atom. The van der Waals surface area contributed by atoms with E-state index in [1.54, 1.807) is 0 Å². The number of benzene rings is 1. The molecule has 1 aromatic carbocycles. The first kappa shape index (κ1) is 14.5. The van der Waals surface area contributed by atoms with Gasteiger partial charge in [-0.15, -0.1) is 0 Å². The molecule has 0 aliphatic rings. The van der Waals surface area contributed by atoms with Crippen LogP contribution in [0.2, 0.25) is 0 Å². The molecular formula is C13H13FN4O3. The second-order valence-electron chi connectivity index (χ2n) is 3.96. The fraction of sp³-hybridized carbons (Fsp3) is 0.154. The van der Waals surface area contributed by atoms with Gasteiger partial charge in [0.1, 0.15) is 5.82 Å². The van der Waals surface area contributed by atoms with Gasteiger partial charge in [0.05, 0.1) is 25.8 Å². The zero-order chi connectivity index (χ0) is 15.4. The third-order valence-electron chi connectivity index (χ3n) is 2.58.